The molecular formula is C13H24N4O. The van der Waals surface area contributed by atoms with E-state index in [1.165, 1.54) is 12.7 Å². The van der Waals surface area contributed by atoms with Crippen LogP contribution in [0.2, 0.25) is 0 Å². The molecule has 5 heteroatoms. The molecule has 0 spiro atoms. The van der Waals surface area contributed by atoms with Crippen LogP contribution in [0.25, 0.3) is 0 Å². The summed E-state index contributed by atoms with van der Waals surface area (Å²) in [7, 11) is 0. The highest BCUT2D eigenvalue weighted by atomic mass is 16.5. The molecule has 0 saturated carbocycles. The van der Waals surface area contributed by atoms with Gasteiger partial charge in [0.15, 0.2) is 6.33 Å². The summed E-state index contributed by atoms with van der Waals surface area (Å²) >= 11 is 0. The van der Waals surface area contributed by atoms with Gasteiger partial charge in [-0.15, -0.1) is 0 Å². The van der Waals surface area contributed by atoms with Gasteiger partial charge in [0, 0.05) is 38.1 Å². The molecule has 0 aromatic carbocycles. The Morgan fingerprint density at radius 3 is 3.06 bits per heavy atom. The number of aromatic nitrogens is 2. The summed E-state index contributed by atoms with van der Waals surface area (Å²) in [5.41, 5.74) is 0. The normalized spacial score (nSPS) is 25.8. The Labute approximate surface area is 109 Å². The van der Waals surface area contributed by atoms with Crippen LogP contribution >= 0.6 is 0 Å². The molecule has 102 valence electrons. The van der Waals surface area contributed by atoms with Crippen LogP contribution in [0.5, 0.6) is 0 Å². The van der Waals surface area contributed by atoms with Gasteiger partial charge in [-0.05, 0) is 19.3 Å². The molecule has 1 aliphatic heterocycles. The van der Waals surface area contributed by atoms with Crippen molar-refractivity contribution in [3.05, 3.63) is 12.2 Å². The molecule has 1 saturated heterocycles. The number of hydrogen-bond donors (Lipinski definition) is 1. The van der Waals surface area contributed by atoms with Crippen molar-refractivity contribution in [2.24, 2.45) is 5.92 Å². The zero-order chi connectivity index (χ0) is 13.0. The van der Waals surface area contributed by atoms with Crippen molar-refractivity contribution < 1.29 is 4.52 Å². The van der Waals surface area contributed by atoms with E-state index < -0.39 is 0 Å². The summed E-state index contributed by atoms with van der Waals surface area (Å²) in [5.74, 6) is 1.48. The molecule has 2 unspecified atom stereocenters. The van der Waals surface area contributed by atoms with E-state index in [4.69, 9.17) is 4.52 Å². The highest BCUT2D eigenvalue weighted by Gasteiger charge is 2.25. The molecule has 1 aromatic heterocycles. The second kappa shape index (κ2) is 6.29. The van der Waals surface area contributed by atoms with E-state index in [-0.39, 0.29) is 0 Å². The van der Waals surface area contributed by atoms with Crippen molar-refractivity contribution in [1.82, 2.24) is 20.4 Å². The minimum atomic E-state index is 0.580. The van der Waals surface area contributed by atoms with Crippen molar-refractivity contribution in [1.29, 1.82) is 0 Å². The summed E-state index contributed by atoms with van der Waals surface area (Å²) < 4.78 is 5.05. The van der Waals surface area contributed by atoms with Gasteiger partial charge in [-0.1, -0.05) is 19.0 Å². The van der Waals surface area contributed by atoms with Gasteiger partial charge in [0.05, 0.1) is 0 Å². The van der Waals surface area contributed by atoms with Gasteiger partial charge >= 0.3 is 0 Å². The molecule has 18 heavy (non-hydrogen) atoms. The molecule has 0 aliphatic carbocycles. The van der Waals surface area contributed by atoms with Crippen molar-refractivity contribution >= 4 is 0 Å². The Hall–Kier alpha value is -0.940. The number of rotatable bonds is 5. The van der Waals surface area contributed by atoms with Crippen LogP contribution < -0.4 is 5.32 Å². The van der Waals surface area contributed by atoms with Crippen molar-refractivity contribution in [2.45, 2.75) is 45.7 Å². The lowest BCUT2D eigenvalue weighted by molar-refractivity contribution is 0.130. The number of piperazine rings is 1. The number of nitrogens with zero attached hydrogens (tertiary/aromatic N) is 3. The minimum absolute atomic E-state index is 0.580. The highest BCUT2D eigenvalue weighted by Crippen LogP contribution is 2.13. The maximum absolute atomic E-state index is 5.05. The van der Waals surface area contributed by atoms with Gasteiger partial charge in [-0.25, -0.2) is 0 Å². The Morgan fingerprint density at radius 1 is 1.56 bits per heavy atom. The lowest BCUT2D eigenvalue weighted by Crippen LogP contribution is -2.56. The van der Waals surface area contributed by atoms with Crippen molar-refractivity contribution in [3.63, 3.8) is 0 Å². The third kappa shape index (κ3) is 3.78. The fraction of sp³-hybridized carbons (Fsp3) is 0.846. The Bertz CT molecular complexity index is 339. The third-order valence-electron chi connectivity index (χ3n) is 3.56. The van der Waals surface area contributed by atoms with Gasteiger partial charge in [-0.2, -0.15) is 4.98 Å². The van der Waals surface area contributed by atoms with Crippen LogP contribution in [0.4, 0.5) is 0 Å². The van der Waals surface area contributed by atoms with Crippen LogP contribution in [0.3, 0.4) is 0 Å². The van der Waals surface area contributed by atoms with Crippen LogP contribution in [0, 0.1) is 5.92 Å². The summed E-state index contributed by atoms with van der Waals surface area (Å²) in [5, 5.41) is 7.27. The van der Waals surface area contributed by atoms with E-state index in [0.29, 0.717) is 12.1 Å². The molecule has 2 rings (SSSR count). The molecule has 0 bridgehead atoms. The fourth-order valence-electron chi connectivity index (χ4n) is 2.58. The minimum Gasteiger partial charge on any atom is -0.340 e. The average molecular weight is 252 g/mol. The summed E-state index contributed by atoms with van der Waals surface area (Å²) in [6.45, 7) is 10.0. The van der Waals surface area contributed by atoms with E-state index in [0.717, 1.165) is 37.9 Å². The molecule has 0 radical (unpaired) electrons. The molecule has 1 N–H and O–H groups in total. The van der Waals surface area contributed by atoms with E-state index >= 15 is 0 Å². The lowest BCUT2D eigenvalue weighted by atomic mass is 10.00. The topological polar surface area (TPSA) is 54.2 Å². The van der Waals surface area contributed by atoms with E-state index in [9.17, 15) is 0 Å². The Morgan fingerprint density at radius 2 is 2.39 bits per heavy atom. The first-order valence-corrected chi connectivity index (χ1v) is 6.88. The Kier molecular flexibility index (Phi) is 4.72. The Balaban J connectivity index is 1.81. The molecular weight excluding hydrogens is 228 g/mol. The molecule has 2 atom stereocenters. The zero-order valence-corrected chi connectivity index (χ0v) is 11.6. The molecule has 5 nitrogen and oxygen atoms in total. The van der Waals surface area contributed by atoms with Gasteiger partial charge in [0.25, 0.3) is 0 Å². The standard InChI is InChI=1S/C13H24N4O/c1-10(2)6-12-8-17(11(3)7-14-12)5-4-13-15-9-16-18-13/h9-12,14H,4-8H2,1-3H3. The van der Waals surface area contributed by atoms with E-state index in [1.54, 1.807) is 0 Å². The molecule has 1 aromatic rings. The second-order valence-electron chi connectivity index (χ2n) is 5.66. The van der Waals surface area contributed by atoms with E-state index in [1.807, 2.05) is 0 Å². The summed E-state index contributed by atoms with van der Waals surface area (Å²) in [6, 6.07) is 1.19. The maximum atomic E-state index is 5.05. The smallest absolute Gasteiger partial charge is 0.227 e. The van der Waals surface area contributed by atoms with Gasteiger partial charge in [0.1, 0.15) is 0 Å². The highest BCUT2D eigenvalue weighted by molar-refractivity contribution is 4.86. The van der Waals surface area contributed by atoms with E-state index in [2.05, 4.69) is 41.1 Å². The predicted molar refractivity (Wildman–Crippen MR) is 70.3 cm³/mol. The number of hydrogen-bond acceptors (Lipinski definition) is 5. The first-order valence-electron chi connectivity index (χ1n) is 6.88. The van der Waals surface area contributed by atoms with Gasteiger partial charge < -0.3 is 9.84 Å². The largest absolute Gasteiger partial charge is 0.340 e. The second-order valence-corrected chi connectivity index (χ2v) is 5.66. The van der Waals surface area contributed by atoms with Gasteiger partial charge in [-0.3, -0.25) is 4.90 Å². The third-order valence-corrected chi connectivity index (χ3v) is 3.56. The quantitative estimate of drug-likeness (QED) is 0.856. The SMILES string of the molecule is CC(C)CC1CN(CCc2ncno2)C(C)CN1. The first-order chi connectivity index (χ1) is 8.65. The summed E-state index contributed by atoms with van der Waals surface area (Å²) in [4.78, 5) is 6.59. The van der Waals surface area contributed by atoms with Crippen LogP contribution in [-0.2, 0) is 6.42 Å². The molecule has 2 heterocycles. The molecule has 1 aliphatic rings. The lowest BCUT2D eigenvalue weighted by Gasteiger charge is -2.39. The van der Waals surface area contributed by atoms with Gasteiger partial charge in [0.2, 0.25) is 5.89 Å². The van der Waals surface area contributed by atoms with Crippen LogP contribution in [0.1, 0.15) is 33.1 Å². The number of nitrogens with one attached hydrogen (secondary N) is 1. The average Bonchev–Trinajstić information content (AvgIpc) is 2.82. The van der Waals surface area contributed by atoms with Crippen molar-refractivity contribution in [3.8, 4) is 0 Å². The van der Waals surface area contributed by atoms with Crippen LogP contribution in [0.15, 0.2) is 10.9 Å². The zero-order valence-electron chi connectivity index (χ0n) is 11.6. The maximum Gasteiger partial charge on any atom is 0.227 e. The monoisotopic (exact) mass is 252 g/mol. The summed E-state index contributed by atoms with van der Waals surface area (Å²) in [6.07, 6.45) is 3.56. The fourth-order valence-corrected chi connectivity index (χ4v) is 2.58. The molecule has 1 fully saturated rings. The van der Waals surface area contributed by atoms with Crippen LogP contribution in [-0.4, -0.2) is 46.8 Å². The predicted octanol–water partition coefficient (Wildman–Crippen LogP) is 1.32. The van der Waals surface area contributed by atoms with Crippen molar-refractivity contribution in [2.75, 3.05) is 19.6 Å². The first kappa shape index (κ1) is 13.5. The molecule has 0 amide bonds.